The van der Waals surface area contributed by atoms with Crippen LogP contribution in [0.15, 0.2) is 0 Å². The van der Waals surface area contributed by atoms with Gasteiger partial charge in [0.2, 0.25) is 0 Å². The lowest BCUT2D eigenvalue weighted by Gasteiger charge is -2.44. The van der Waals surface area contributed by atoms with Crippen molar-refractivity contribution >= 4 is 0 Å². The zero-order valence-electron chi connectivity index (χ0n) is 9.68. The van der Waals surface area contributed by atoms with Gasteiger partial charge in [-0.25, -0.2) is 0 Å². The molecule has 3 atom stereocenters. The Kier molecular flexibility index (Phi) is 2.85. The molecule has 0 aromatic heterocycles. The first kappa shape index (κ1) is 10.4. The number of morpholine rings is 1. The summed E-state index contributed by atoms with van der Waals surface area (Å²) >= 11 is 0. The molecular weight excluding hydrogens is 174 g/mol. The highest BCUT2D eigenvalue weighted by atomic mass is 16.5. The summed E-state index contributed by atoms with van der Waals surface area (Å²) in [5.41, 5.74) is 0.462. The van der Waals surface area contributed by atoms with Crippen LogP contribution in [0.5, 0.6) is 0 Å². The molecule has 2 rings (SSSR count). The van der Waals surface area contributed by atoms with E-state index in [0.717, 1.165) is 19.1 Å². The molecule has 82 valence electrons. The standard InChI is InChI=1S/C12H23NO/c1-12(2,3)9-4-5-11-10(8-9)13-6-7-14-11/h9-11,13H,4-8H2,1-3H3. The lowest BCUT2D eigenvalue weighted by Crippen LogP contribution is -2.52. The maximum atomic E-state index is 5.78. The number of nitrogens with one attached hydrogen (secondary N) is 1. The van der Waals surface area contributed by atoms with Gasteiger partial charge in [0.1, 0.15) is 0 Å². The van der Waals surface area contributed by atoms with Crippen molar-refractivity contribution in [1.82, 2.24) is 5.32 Å². The Morgan fingerprint density at radius 3 is 2.71 bits per heavy atom. The van der Waals surface area contributed by atoms with Crippen LogP contribution in [0.1, 0.15) is 40.0 Å². The number of ether oxygens (including phenoxy) is 1. The van der Waals surface area contributed by atoms with Crippen LogP contribution in [0.4, 0.5) is 0 Å². The molecule has 1 saturated carbocycles. The van der Waals surface area contributed by atoms with Gasteiger partial charge in [0.25, 0.3) is 0 Å². The highest BCUT2D eigenvalue weighted by Gasteiger charge is 2.37. The van der Waals surface area contributed by atoms with E-state index in [0.29, 0.717) is 17.6 Å². The third kappa shape index (κ3) is 2.12. The van der Waals surface area contributed by atoms with Crippen LogP contribution in [0.25, 0.3) is 0 Å². The summed E-state index contributed by atoms with van der Waals surface area (Å²) in [5, 5.41) is 3.60. The predicted octanol–water partition coefficient (Wildman–Crippen LogP) is 2.19. The molecule has 2 aliphatic rings. The van der Waals surface area contributed by atoms with E-state index in [4.69, 9.17) is 4.74 Å². The quantitative estimate of drug-likeness (QED) is 0.643. The van der Waals surface area contributed by atoms with Crippen molar-refractivity contribution in [3.8, 4) is 0 Å². The minimum atomic E-state index is 0.462. The lowest BCUT2D eigenvalue weighted by molar-refractivity contribution is -0.0461. The molecule has 0 aromatic carbocycles. The molecule has 0 amide bonds. The SMILES string of the molecule is CC(C)(C)C1CCC2OCCNC2C1. The number of rotatable bonds is 0. The summed E-state index contributed by atoms with van der Waals surface area (Å²) in [6, 6.07) is 0.627. The lowest BCUT2D eigenvalue weighted by atomic mass is 9.70. The first-order valence-electron chi connectivity index (χ1n) is 5.92. The average Bonchev–Trinajstić information content (AvgIpc) is 2.16. The normalized spacial score (nSPS) is 39.2. The van der Waals surface area contributed by atoms with Gasteiger partial charge in [-0.3, -0.25) is 0 Å². The smallest absolute Gasteiger partial charge is 0.0728 e. The molecule has 0 bridgehead atoms. The van der Waals surface area contributed by atoms with E-state index in [-0.39, 0.29) is 0 Å². The summed E-state index contributed by atoms with van der Waals surface area (Å²) < 4.78 is 5.78. The van der Waals surface area contributed by atoms with Gasteiger partial charge in [-0.2, -0.15) is 0 Å². The Morgan fingerprint density at radius 2 is 2.00 bits per heavy atom. The molecule has 1 N–H and O–H groups in total. The summed E-state index contributed by atoms with van der Waals surface area (Å²) in [6.45, 7) is 9.03. The molecule has 0 aromatic rings. The molecule has 2 heteroatoms. The van der Waals surface area contributed by atoms with Crippen LogP contribution in [0.3, 0.4) is 0 Å². The Bertz CT molecular complexity index is 197. The number of hydrogen-bond acceptors (Lipinski definition) is 2. The summed E-state index contributed by atoms with van der Waals surface area (Å²) in [6.07, 6.45) is 4.39. The molecular formula is C12H23NO. The van der Waals surface area contributed by atoms with Crippen LogP contribution in [0.2, 0.25) is 0 Å². The van der Waals surface area contributed by atoms with Gasteiger partial charge >= 0.3 is 0 Å². The van der Waals surface area contributed by atoms with Gasteiger partial charge in [0.05, 0.1) is 12.7 Å². The number of hydrogen-bond donors (Lipinski definition) is 1. The molecule has 0 spiro atoms. The average molecular weight is 197 g/mol. The van der Waals surface area contributed by atoms with Gasteiger partial charge in [0.15, 0.2) is 0 Å². The molecule has 0 radical (unpaired) electrons. The second-order valence-electron chi connectivity index (χ2n) is 5.85. The molecule has 2 fully saturated rings. The van der Waals surface area contributed by atoms with E-state index in [9.17, 15) is 0 Å². The Morgan fingerprint density at radius 1 is 1.21 bits per heavy atom. The molecule has 1 aliphatic heterocycles. The zero-order valence-corrected chi connectivity index (χ0v) is 9.68. The molecule has 1 heterocycles. The third-order valence-corrected chi connectivity index (χ3v) is 3.85. The fourth-order valence-electron chi connectivity index (χ4n) is 2.80. The van der Waals surface area contributed by atoms with E-state index in [2.05, 4.69) is 26.1 Å². The topological polar surface area (TPSA) is 21.3 Å². The minimum absolute atomic E-state index is 0.462. The van der Waals surface area contributed by atoms with Crippen LogP contribution < -0.4 is 5.32 Å². The monoisotopic (exact) mass is 197 g/mol. The molecule has 3 unspecified atom stereocenters. The van der Waals surface area contributed by atoms with Crippen molar-refractivity contribution in [2.45, 2.75) is 52.2 Å². The second kappa shape index (κ2) is 3.82. The Hall–Kier alpha value is -0.0800. The maximum Gasteiger partial charge on any atom is 0.0728 e. The van der Waals surface area contributed by atoms with Crippen LogP contribution in [0, 0.1) is 11.3 Å². The molecule has 1 saturated heterocycles. The largest absolute Gasteiger partial charge is 0.375 e. The van der Waals surface area contributed by atoms with Gasteiger partial charge in [-0.1, -0.05) is 20.8 Å². The van der Waals surface area contributed by atoms with Crippen LogP contribution in [-0.4, -0.2) is 25.3 Å². The second-order valence-corrected chi connectivity index (χ2v) is 5.85. The molecule has 1 aliphatic carbocycles. The van der Waals surface area contributed by atoms with Crippen molar-refractivity contribution in [3.05, 3.63) is 0 Å². The van der Waals surface area contributed by atoms with Crippen molar-refractivity contribution < 1.29 is 4.74 Å². The zero-order chi connectivity index (χ0) is 10.2. The third-order valence-electron chi connectivity index (χ3n) is 3.85. The molecule has 14 heavy (non-hydrogen) atoms. The fourth-order valence-corrected chi connectivity index (χ4v) is 2.80. The van der Waals surface area contributed by atoms with Crippen LogP contribution in [-0.2, 0) is 4.74 Å². The Balaban J connectivity index is 1.96. The van der Waals surface area contributed by atoms with E-state index in [1.165, 1.54) is 19.3 Å². The van der Waals surface area contributed by atoms with Crippen molar-refractivity contribution in [1.29, 1.82) is 0 Å². The molecule has 2 nitrogen and oxygen atoms in total. The Labute approximate surface area is 87.4 Å². The number of fused-ring (bicyclic) bond motifs is 1. The summed E-state index contributed by atoms with van der Waals surface area (Å²) in [5.74, 6) is 0.859. The first-order chi connectivity index (χ1) is 6.57. The van der Waals surface area contributed by atoms with E-state index in [1.54, 1.807) is 0 Å². The van der Waals surface area contributed by atoms with Crippen molar-refractivity contribution in [2.24, 2.45) is 11.3 Å². The predicted molar refractivity (Wildman–Crippen MR) is 58.3 cm³/mol. The van der Waals surface area contributed by atoms with E-state index in [1.807, 2.05) is 0 Å². The minimum Gasteiger partial charge on any atom is -0.375 e. The van der Waals surface area contributed by atoms with Crippen molar-refractivity contribution in [3.63, 3.8) is 0 Å². The van der Waals surface area contributed by atoms with Crippen molar-refractivity contribution in [2.75, 3.05) is 13.2 Å². The van der Waals surface area contributed by atoms with Gasteiger partial charge in [-0.05, 0) is 30.6 Å². The van der Waals surface area contributed by atoms with Gasteiger partial charge in [-0.15, -0.1) is 0 Å². The van der Waals surface area contributed by atoms with Gasteiger partial charge in [0, 0.05) is 12.6 Å². The fraction of sp³-hybridized carbons (Fsp3) is 1.00. The maximum absolute atomic E-state index is 5.78. The summed E-state index contributed by atoms with van der Waals surface area (Å²) in [7, 11) is 0. The van der Waals surface area contributed by atoms with Gasteiger partial charge < -0.3 is 10.1 Å². The van der Waals surface area contributed by atoms with Crippen LogP contribution >= 0.6 is 0 Å². The highest BCUT2D eigenvalue weighted by Crippen LogP contribution is 2.39. The summed E-state index contributed by atoms with van der Waals surface area (Å²) in [4.78, 5) is 0. The van der Waals surface area contributed by atoms with E-state index >= 15 is 0 Å². The highest BCUT2D eigenvalue weighted by molar-refractivity contribution is 4.91. The first-order valence-corrected chi connectivity index (χ1v) is 5.92. The van der Waals surface area contributed by atoms with E-state index < -0.39 is 0 Å².